The molecule has 0 amide bonds. The third kappa shape index (κ3) is 2.66. The number of ether oxygens (including phenoxy) is 1. The largest absolute Gasteiger partial charge is 0.463 e. The summed E-state index contributed by atoms with van der Waals surface area (Å²) < 4.78 is 9.65. The van der Waals surface area contributed by atoms with Gasteiger partial charge in [-0.1, -0.05) is 30.3 Å². The summed E-state index contributed by atoms with van der Waals surface area (Å²) in [6, 6.07) is 12.3. The number of esters is 1. The summed E-state index contributed by atoms with van der Waals surface area (Å²) in [7, 11) is 1.26. The van der Waals surface area contributed by atoms with Gasteiger partial charge in [0.2, 0.25) is 11.5 Å². The summed E-state index contributed by atoms with van der Waals surface area (Å²) in [5, 5.41) is 0. The minimum atomic E-state index is -0.589. The van der Waals surface area contributed by atoms with Gasteiger partial charge in [-0.05, 0) is 17.7 Å². The van der Waals surface area contributed by atoms with Gasteiger partial charge in [0, 0.05) is 6.42 Å². The van der Waals surface area contributed by atoms with Crippen LogP contribution in [0.5, 0.6) is 0 Å². The van der Waals surface area contributed by atoms with Crippen molar-refractivity contribution in [1.82, 2.24) is 0 Å². The summed E-state index contributed by atoms with van der Waals surface area (Å²) in [6.07, 6.45) is 0.245. The molecule has 4 heteroatoms. The number of carbonyl (C=O) groups is 2. The second-order valence-corrected chi connectivity index (χ2v) is 3.74. The molecule has 0 aliphatic rings. The van der Waals surface area contributed by atoms with Gasteiger partial charge in [-0.2, -0.15) is 0 Å². The molecule has 4 nitrogen and oxygen atoms in total. The first-order valence-corrected chi connectivity index (χ1v) is 5.46. The van der Waals surface area contributed by atoms with Crippen molar-refractivity contribution in [3.8, 4) is 0 Å². The van der Waals surface area contributed by atoms with Gasteiger partial charge in [0.1, 0.15) is 0 Å². The van der Waals surface area contributed by atoms with Crippen molar-refractivity contribution in [1.29, 1.82) is 0 Å². The van der Waals surface area contributed by atoms with Gasteiger partial charge >= 0.3 is 5.97 Å². The normalized spacial score (nSPS) is 10.1. The van der Waals surface area contributed by atoms with Gasteiger partial charge in [0.05, 0.1) is 7.11 Å². The third-order valence-corrected chi connectivity index (χ3v) is 2.47. The van der Waals surface area contributed by atoms with Crippen LogP contribution in [0.25, 0.3) is 0 Å². The molecule has 0 saturated carbocycles. The Morgan fingerprint density at radius 1 is 1.06 bits per heavy atom. The topological polar surface area (TPSA) is 56.5 Å². The molecule has 0 bridgehead atoms. The quantitative estimate of drug-likeness (QED) is 0.612. The van der Waals surface area contributed by atoms with Gasteiger partial charge in [0.25, 0.3) is 0 Å². The average molecular weight is 244 g/mol. The summed E-state index contributed by atoms with van der Waals surface area (Å²) in [6.45, 7) is 0. The van der Waals surface area contributed by atoms with Crippen molar-refractivity contribution in [3.05, 3.63) is 59.5 Å². The number of Topliss-reactive ketones (excluding diaryl/α,β-unsaturated/α-hetero) is 1. The van der Waals surface area contributed by atoms with E-state index < -0.39 is 5.97 Å². The fourth-order valence-corrected chi connectivity index (χ4v) is 1.57. The fraction of sp³-hybridized carbons (Fsp3) is 0.143. The Balaban J connectivity index is 2.10. The lowest BCUT2D eigenvalue weighted by Gasteiger charge is -1.98. The summed E-state index contributed by atoms with van der Waals surface area (Å²) in [5.74, 6) is -0.557. The maximum absolute atomic E-state index is 11.9. The van der Waals surface area contributed by atoms with E-state index in [1.54, 1.807) is 0 Å². The van der Waals surface area contributed by atoms with Crippen LogP contribution in [-0.4, -0.2) is 18.9 Å². The Labute approximate surface area is 104 Å². The highest BCUT2D eigenvalue weighted by molar-refractivity contribution is 5.96. The average Bonchev–Trinajstić information content (AvgIpc) is 2.88. The molecule has 0 atom stereocenters. The first kappa shape index (κ1) is 12.1. The molecule has 0 N–H and O–H groups in total. The molecule has 0 saturated heterocycles. The smallest absolute Gasteiger partial charge is 0.373 e. The van der Waals surface area contributed by atoms with Crippen molar-refractivity contribution >= 4 is 11.8 Å². The molecule has 1 aromatic heterocycles. The third-order valence-electron chi connectivity index (χ3n) is 2.47. The second kappa shape index (κ2) is 5.31. The van der Waals surface area contributed by atoms with Crippen LogP contribution in [0.15, 0.2) is 46.9 Å². The summed E-state index contributed by atoms with van der Waals surface area (Å²) >= 11 is 0. The van der Waals surface area contributed by atoms with Crippen molar-refractivity contribution in [2.24, 2.45) is 0 Å². The first-order valence-electron chi connectivity index (χ1n) is 5.46. The maximum atomic E-state index is 11.9. The van der Waals surface area contributed by atoms with Crippen molar-refractivity contribution in [3.63, 3.8) is 0 Å². The van der Waals surface area contributed by atoms with E-state index in [2.05, 4.69) is 4.74 Å². The summed E-state index contributed by atoms with van der Waals surface area (Å²) in [5.41, 5.74) is 0.901. The highest BCUT2D eigenvalue weighted by Crippen LogP contribution is 2.12. The molecule has 0 unspecified atom stereocenters. The molecule has 0 aliphatic carbocycles. The maximum Gasteiger partial charge on any atom is 0.373 e. The Morgan fingerprint density at radius 2 is 1.72 bits per heavy atom. The molecule has 92 valence electrons. The van der Waals surface area contributed by atoms with E-state index in [9.17, 15) is 9.59 Å². The highest BCUT2D eigenvalue weighted by atomic mass is 16.5. The molecule has 0 aliphatic heterocycles. The predicted octanol–water partition coefficient (Wildman–Crippen LogP) is 2.49. The Bertz CT molecular complexity index is 554. The highest BCUT2D eigenvalue weighted by Gasteiger charge is 2.16. The van der Waals surface area contributed by atoms with Crippen LogP contribution in [0.3, 0.4) is 0 Å². The van der Waals surface area contributed by atoms with E-state index in [1.807, 2.05) is 30.3 Å². The molecule has 1 heterocycles. The SMILES string of the molecule is COC(=O)c1ccc(C(=O)Cc2ccccc2)o1. The number of hydrogen-bond donors (Lipinski definition) is 0. The van der Waals surface area contributed by atoms with E-state index in [1.165, 1.54) is 19.2 Å². The Hall–Kier alpha value is -2.36. The second-order valence-electron chi connectivity index (χ2n) is 3.74. The molecule has 2 rings (SSSR count). The number of methoxy groups -OCH3 is 1. The van der Waals surface area contributed by atoms with E-state index in [4.69, 9.17) is 4.42 Å². The van der Waals surface area contributed by atoms with Crippen LogP contribution < -0.4 is 0 Å². The van der Waals surface area contributed by atoms with Crippen LogP contribution in [0, 0.1) is 0 Å². The molecule has 2 aromatic rings. The monoisotopic (exact) mass is 244 g/mol. The van der Waals surface area contributed by atoms with Gasteiger partial charge < -0.3 is 9.15 Å². The molecular weight excluding hydrogens is 232 g/mol. The van der Waals surface area contributed by atoms with Gasteiger partial charge in [-0.15, -0.1) is 0 Å². The number of carbonyl (C=O) groups excluding carboxylic acids is 2. The lowest BCUT2D eigenvalue weighted by Crippen LogP contribution is -2.02. The van der Waals surface area contributed by atoms with E-state index in [0.29, 0.717) is 0 Å². The molecule has 0 fully saturated rings. The van der Waals surface area contributed by atoms with Gasteiger partial charge in [-0.3, -0.25) is 4.79 Å². The predicted molar refractivity (Wildman–Crippen MR) is 64.5 cm³/mol. The van der Waals surface area contributed by atoms with Crippen LogP contribution in [-0.2, 0) is 11.2 Å². The summed E-state index contributed by atoms with van der Waals surface area (Å²) in [4.78, 5) is 23.1. The molecule has 0 spiro atoms. The zero-order valence-electron chi connectivity index (χ0n) is 9.88. The van der Waals surface area contributed by atoms with Crippen molar-refractivity contribution < 1.29 is 18.7 Å². The fourth-order valence-electron chi connectivity index (χ4n) is 1.57. The zero-order chi connectivity index (χ0) is 13.0. The lowest BCUT2D eigenvalue weighted by molar-refractivity contribution is 0.0563. The number of rotatable bonds is 4. The minimum absolute atomic E-state index is 0.0360. The number of furan rings is 1. The van der Waals surface area contributed by atoms with E-state index in [0.717, 1.165) is 5.56 Å². The number of ketones is 1. The van der Waals surface area contributed by atoms with Crippen LogP contribution >= 0.6 is 0 Å². The van der Waals surface area contributed by atoms with E-state index >= 15 is 0 Å². The van der Waals surface area contributed by atoms with Gasteiger partial charge in [0.15, 0.2) is 5.76 Å². The number of hydrogen-bond acceptors (Lipinski definition) is 4. The molecule has 1 aromatic carbocycles. The first-order chi connectivity index (χ1) is 8.70. The van der Waals surface area contributed by atoms with Crippen molar-refractivity contribution in [2.75, 3.05) is 7.11 Å². The Morgan fingerprint density at radius 3 is 2.39 bits per heavy atom. The van der Waals surface area contributed by atoms with Gasteiger partial charge in [-0.25, -0.2) is 4.79 Å². The number of benzene rings is 1. The zero-order valence-corrected chi connectivity index (χ0v) is 9.88. The molecular formula is C14H12O4. The van der Waals surface area contributed by atoms with Crippen molar-refractivity contribution in [2.45, 2.75) is 6.42 Å². The van der Waals surface area contributed by atoms with Crippen LogP contribution in [0.4, 0.5) is 0 Å². The minimum Gasteiger partial charge on any atom is -0.463 e. The standard InChI is InChI=1S/C14H12O4/c1-17-14(16)13-8-7-12(18-13)11(15)9-10-5-3-2-4-6-10/h2-8H,9H2,1H3. The van der Waals surface area contributed by atoms with Crippen LogP contribution in [0.1, 0.15) is 26.7 Å². The van der Waals surface area contributed by atoms with E-state index in [-0.39, 0.29) is 23.7 Å². The lowest BCUT2D eigenvalue weighted by atomic mass is 10.1. The Kier molecular flexibility index (Phi) is 3.57. The van der Waals surface area contributed by atoms with Crippen LogP contribution in [0.2, 0.25) is 0 Å². The molecule has 0 radical (unpaired) electrons. The molecule has 18 heavy (non-hydrogen) atoms.